The number of hydrogen-bond donors (Lipinski definition) is 1. The Kier molecular flexibility index (Phi) is 7.47. The number of nitrogens with one attached hydrogen (secondary N) is 1. The van der Waals surface area contributed by atoms with Crippen molar-refractivity contribution in [1.29, 1.82) is 0 Å². The third kappa shape index (κ3) is 5.87. The molecule has 2 aromatic carbocycles. The number of benzene rings is 2. The fraction of sp³-hybridized carbons (Fsp3) is 0.538. The Morgan fingerprint density at radius 2 is 1.71 bits per heavy atom. The predicted octanol–water partition coefficient (Wildman–Crippen LogP) is 3.60. The van der Waals surface area contributed by atoms with E-state index in [4.69, 9.17) is 18.9 Å². The van der Waals surface area contributed by atoms with Crippen LogP contribution in [0.25, 0.3) is 0 Å². The zero-order chi connectivity index (χ0) is 24.5. The highest BCUT2D eigenvalue weighted by Gasteiger charge is 2.57. The topological polar surface area (TPSA) is 83.1 Å². The summed E-state index contributed by atoms with van der Waals surface area (Å²) in [6, 6.07) is 16.3. The minimum Gasteiger partial charge on any atom is -0.368 e. The van der Waals surface area contributed by atoms with E-state index in [0.29, 0.717) is 11.5 Å². The van der Waals surface area contributed by atoms with Gasteiger partial charge >= 0.3 is 0 Å². The first-order valence-corrected chi connectivity index (χ1v) is 13.4. The zero-order valence-corrected chi connectivity index (χ0v) is 21.2. The van der Waals surface area contributed by atoms with Gasteiger partial charge in [-0.3, -0.25) is 0 Å². The molecule has 2 aromatic rings. The summed E-state index contributed by atoms with van der Waals surface area (Å²) in [5.74, 6) is -0.934. The van der Waals surface area contributed by atoms with E-state index in [9.17, 15) is 8.42 Å². The third-order valence-corrected chi connectivity index (χ3v) is 7.82. The van der Waals surface area contributed by atoms with E-state index in [1.807, 2.05) is 77.1 Å². The lowest BCUT2D eigenvalue weighted by atomic mass is 10.0. The van der Waals surface area contributed by atoms with Crippen molar-refractivity contribution in [3.63, 3.8) is 0 Å². The van der Waals surface area contributed by atoms with E-state index in [0.717, 1.165) is 11.1 Å². The summed E-state index contributed by atoms with van der Waals surface area (Å²) in [7, 11) is -3.58. The second-order valence-corrected chi connectivity index (χ2v) is 11.9. The summed E-state index contributed by atoms with van der Waals surface area (Å²) >= 11 is 0. The van der Waals surface area contributed by atoms with E-state index in [-0.39, 0.29) is 11.8 Å². The molecule has 2 fully saturated rings. The van der Waals surface area contributed by atoms with E-state index < -0.39 is 46.3 Å². The van der Waals surface area contributed by atoms with Crippen molar-refractivity contribution >= 4 is 9.84 Å². The molecule has 2 saturated heterocycles. The molecule has 0 radical (unpaired) electrons. The molecule has 0 bridgehead atoms. The van der Waals surface area contributed by atoms with E-state index in [1.54, 1.807) is 12.1 Å². The molecule has 4 rings (SSSR count). The molecular formula is C26H35NO6S. The summed E-state index contributed by atoms with van der Waals surface area (Å²) in [5, 5.41) is 3.40. The number of sulfone groups is 1. The summed E-state index contributed by atoms with van der Waals surface area (Å²) in [4.78, 5) is 0.294. The van der Waals surface area contributed by atoms with Crippen molar-refractivity contribution in [3.05, 3.63) is 65.7 Å². The minimum absolute atomic E-state index is 0.0373. The molecule has 34 heavy (non-hydrogen) atoms. The smallest absolute Gasteiger partial charge is 0.190 e. The Morgan fingerprint density at radius 1 is 1.03 bits per heavy atom. The SMILES string of the molecule is Cc1ccc(S(=O)(=O)C[C@@H](NC(C)C)[C@H]2O[C@@H]3OC(C)(C)O[C@@H]3[C@H]2OCc2ccccc2)cc1. The Morgan fingerprint density at radius 3 is 2.35 bits per heavy atom. The van der Waals surface area contributed by atoms with Crippen molar-refractivity contribution in [3.8, 4) is 0 Å². The van der Waals surface area contributed by atoms with Gasteiger partial charge in [-0.15, -0.1) is 0 Å². The van der Waals surface area contributed by atoms with Crippen LogP contribution in [0.4, 0.5) is 0 Å². The molecule has 0 unspecified atom stereocenters. The molecule has 7 nitrogen and oxygen atoms in total. The lowest BCUT2D eigenvalue weighted by Gasteiger charge is -2.32. The summed E-state index contributed by atoms with van der Waals surface area (Å²) in [6.45, 7) is 9.93. The molecule has 0 aromatic heterocycles. The van der Waals surface area contributed by atoms with Gasteiger partial charge in [-0.1, -0.05) is 61.9 Å². The van der Waals surface area contributed by atoms with Crippen LogP contribution in [0.2, 0.25) is 0 Å². The highest BCUT2D eigenvalue weighted by Crippen LogP contribution is 2.40. The third-order valence-electron chi connectivity index (χ3n) is 6.04. The lowest BCUT2D eigenvalue weighted by molar-refractivity contribution is -0.222. The van der Waals surface area contributed by atoms with Crippen molar-refractivity contribution in [2.24, 2.45) is 0 Å². The van der Waals surface area contributed by atoms with Crippen molar-refractivity contribution in [2.75, 3.05) is 5.75 Å². The molecule has 2 aliphatic heterocycles. The van der Waals surface area contributed by atoms with Crippen LogP contribution in [-0.2, 0) is 35.4 Å². The van der Waals surface area contributed by atoms with Crippen molar-refractivity contribution < 1.29 is 27.4 Å². The molecule has 8 heteroatoms. The van der Waals surface area contributed by atoms with Crippen LogP contribution in [-0.4, -0.2) is 56.6 Å². The molecule has 186 valence electrons. The van der Waals surface area contributed by atoms with Gasteiger partial charge in [0.2, 0.25) is 0 Å². The van der Waals surface area contributed by atoms with Crippen LogP contribution in [0.5, 0.6) is 0 Å². The first kappa shape index (κ1) is 25.3. The molecule has 2 heterocycles. The van der Waals surface area contributed by atoms with Crippen LogP contribution < -0.4 is 5.32 Å². The van der Waals surface area contributed by atoms with E-state index >= 15 is 0 Å². The number of aryl methyl sites for hydroxylation is 1. The highest BCUT2D eigenvalue weighted by molar-refractivity contribution is 7.91. The number of fused-ring (bicyclic) bond motifs is 1. The quantitative estimate of drug-likeness (QED) is 0.576. The van der Waals surface area contributed by atoms with Gasteiger partial charge in [-0.25, -0.2) is 8.42 Å². The van der Waals surface area contributed by atoms with Crippen LogP contribution >= 0.6 is 0 Å². The summed E-state index contributed by atoms with van der Waals surface area (Å²) < 4.78 is 51.4. The minimum atomic E-state index is -3.58. The standard InChI is InChI=1S/C26H35NO6S/c1-17(2)27-21(16-34(28,29)20-13-11-18(3)12-14-20)22-23(30-15-19-9-7-6-8-10-19)24-25(31-22)33-26(4,5)32-24/h6-14,17,21-25,27H,15-16H2,1-5H3/t21-,22-,23+,24-,25-/m1/s1. The maximum atomic E-state index is 13.3. The van der Waals surface area contributed by atoms with Gasteiger partial charge in [0.15, 0.2) is 21.9 Å². The molecule has 1 N–H and O–H groups in total. The van der Waals surface area contributed by atoms with Gasteiger partial charge in [-0.2, -0.15) is 0 Å². The average molecular weight is 490 g/mol. The fourth-order valence-corrected chi connectivity index (χ4v) is 6.03. The van der Waals surface area contributed by atoms with Gasteiger partial charge in [0.1, 0.15) is 18.3 Å². The monoisotopic (exact) mass is 489 g/mol. The maximum absolute atomic E-state index is 13.3. The highest BCUT2D eigenvalue weighted by atomic mass is 32.2. The van der Waals surface area contributed by atoms with Crippen LogP contribution in [0.15, 0.2) is 59.5 Å². The largest absolute Gasteiger partial charge is 0.368 e. The molecule has 5 atom stereocenters. The second-order valence-electron chi connectivity index (χ2n) is 9.85. The maximum Gasteiger partial charge on any atom is 0.190 e. The summed E-state index contributed by atoms with van der Waals surface area (Å²) in [5.41, 5.74) is 2.03. The molecule has 2 aliphatic rings. The lowest BCUT2D eigenvalue weighted by Crippen LogP contribution is -2.53. The average Bonchev–Trinajstić information content (AvgIpc) is 3.24. The Hall–Kier alpha value is -1.81. The van der Waals surface area contributed by atoms with E-state index in [1.165, 1.54) is 0 Å². The predicted molar refractivity (Wildman–Crippen MR) is 129 cm³/mol. The molecule has 0 saturated carbocycles. The Bertz CT molecular complexity index is 1050. The number of rotatable bonds is 9. The van der Waals surface area contributed by atoms with Gasteiger partial charge < -0.3 is 24.3 Å². The molecular weight excluding hydrogens is 454 g/mol. The zero-order valence-electron chi connectivity index (χ0n) is 20.4. The molecule has 0 aliphatic carbocycles. The van der Waals surface area contributed by atoms with Gasteiger partial charge in [0.05, 0.1) is 23.3 Å². The number of hydrogen-bond acceptors (Lipinski definition) is 7. The van der Waals surface area contributed by atoms with Gasteiger partial charge in [0.25, 0.3) is 0 Å². The summed E-state index contributed by atoms with van der Waals surface area (Å²) in [6.07, 6.45) is -2.16. The van der Waals surface area contributed by atoms with E-state index in [2.05, 4.69) is 5.32 Å². The second kappa shape index (κ2) is 10.0. The molecule has 0 spiro atoms. The Balaban J connectivity index is 1.59. The normalized spacial score (nSPS) is 27.1. The van der Waals surface area contributed by atoms with Crippen LogP contribution in [0.3, 0.4) is 0 Å². The molecule has 0 amide bonds. The van der Waals surface area contributed by atoms with Crippen molar-refractivity contribution in [2.45, 2.75) is 88.6 Å². The van der Waals surface area contributed by atoms with Gasteiger partial charge in [0, 0.05) is 6.04 Å². The number of ether oxygens (including phenoxy) is 4. The first-order chi connectivity index (χ1) is 16.0. The first-order valence-electron chi connectivity index (χ1n) is 11.8. The fourth-order valence-electron chi connectivity index (χ4n) is 4.53. The van der Waals surface area contributed by atoms with Crippen LogP contribution in [0.1, 0.15) is 38.8 Å². The van der Waals surface area contributed by atoms with Gasteiger partial charge in [-0.05, 0) is 38.5 Å². The van der Waals surface area contributed by atoms with Crippen molar-refractivity contribution in [1.82, 2.24) is 5.32 Å². The Labute approximate surface area is 202 Å². The van der Waals surface area contributed by atoms with Crippen LogP contribution in [0, 0.1) is 6.92 Å².